The van der Waals surface area contributed by atoms with Gasteiger partial charge in [-0.3, -0.25) is 0 Å². The minimum atomic E-state index is 0.870. The van der Waals surface area contributed by atoms with Crippen LogP contribution >= 0.6 is 0 Å². The average Bonchev–Trinajstić information content (AvgIpc) is 2.35. The van der Waals surface area contributed by atoms with E-state index >= 15 is 0 Å². The van der Waals surface area contributed by atoms with Crippen LogP contribution in [0.5, 0.6) is 0 Å². The lowest BCUT2D eigenvalue weighted by Crippen LogP contribution is -2.13. The molecular weight excluding hydrogens is 118 g/mol. The highest BCUT2D eigenvalue weighted by atomic mass is 15.6. The van der Waals surface area contributed by atoms with Gasteiger partial charge in [0.05, 0.1) is 6.54 Å². The zero-order chi connectivity index (χ0) is 6.27. The predicted molar refractivity (Wildman–Crippen MR) is 31.1 cm³/mol. The largest absolute Gasteiger partial charge is 0.341 e. The molecule has 5 nitrogen and oxygen atoms in total. The van der Waals surface area contributed by atoms with Crippen LogP contribution in [0.3, 0.4) is 0 Å². The van der Waals surface area contributed by atoms with E-state index in [1.807, 2.05) is 11.9 Å². The Bertz CT molecular complexity index is 216. The normalized spacial score (nSPS) is 16.3. The van der Waals surface area contributed by atoms with Crippen LogP contribution < -0.4 is 4.90 Å². The van der Waals surface area contributed by atoms with Crippen molar-refractivity contribution in [2.45, 2.75) is 6.54 Å². The summed E-state index contributed by atoms with van der Waals surface area (Å²) in [7, 11) is 1.98. The van der Waals surface area contributed by atoms with Crippen molar-refractivity contribution in [2.24, 2.45) is 0 Å². The van der Waals surface area contributed by atoms with E-state index in [0.29, 0.717) is 0 Å². The summed E-state index contributed by atoms with van der Waals surface area (Å²) in [6, 6.07) is 0. The van der Waals surface area contributed by atoms with Crippen molar-refractivity contribution in [3.63, 3.8) is 0 Å². The van der Waals surface area contributed by atoms with Crippen LogP contribution in [-0.2, 0) is 6.54 Å². The first kappa shape index (κ1) is 4.72. The second-order valence-electron chi connectivity index (χ2n) is 2.12. The quantitative estimate of drug-likeness (QED) is 0.452. The lowest BCUT2D eigenvalue weighted by molar-refractivity contribution is 0.644. The molecule has 1 aromatic rings. The molecule has 0 saturated carbocycles. The number of fused-ring (bicyclic) bond motifs is 1. The van der Waals surface area contributed by atoms with Crippen LogP contribution in [0.25, 0.3) is 0 Å². The zero-order valence-electron chi connectivity index (χ0n) is 5.15. The fourth-order valence-corrected chi connectivity index (χ4v) is 0.963. The molecule has 2 rings (SSSR count). The first-order valence-corrected chi connectivity index (χ1v) is 2.85. The number of anilines is 1. The molecule has 48 valence electrons. The summed E-state index contributed by atoms with van der Waals surface area (Å²) in [5.41, 5.74) is 0. The summed E-state index contributed by atoms with van der Waals surface area (Å²) in [6.45, 7) is 1.91. The number of hydrogen-bond acceptors (Lipinski definition) is 4. The van der Waals surface area contributed by atoms with Gasteiger partial charge in [0.2, 0.25) is 5.95 Å². The van der Waals surface area contributed by atoms with Gasteiger partial charge >= 0.3 is 0 Å². The third kappa shape index (κ3) is 0.510. The van der Waals surface area contributed by atoms with Gasteiger partial charge in [0, 0.05) is 13.6 Å². The van der Waals surface area contributed by atoms with Gasteiger partial charge in [-0.1, -0.05) is 5.10 Å². The molecule has 0 radical (unpaired) electrons. The highest BCUT2D eigenvalue weighted by Gasteiger charge is 2.17. The van der Waals surface area contributed by atoms with Gasteiger partial charge in [-0.15, -0.1) is 0 Å². The third-order valence-electron chi connectivity index (χ3n) is 1.50. The Kier molecular flexibility index (Phi) is 0.750. The molecule has 1 aliphatic heterocycles. The van der Waals surface area contributed by atoms with Crippen LogP contribution in [-0.4, -0.2) is 33.8 Å². The topological polar surface area (TPSA) is 46.8 Å². The first-order chi connectivity index (χ1) is 4.38. The molecule has 0 bridgehead atoms. The predicted octanol–water partition coefficient (Wildman–Crippen LogP) is -0.877. The molecule has 0 saturated heterocycles. The van der Waals surface area contributed by atoms with Crippen LogP contribution in [0, 0.1) is 0 Å². The molecule has 0 N–H and O–H groups in total. The standard InChI is InChI=1S/C4H7N5/c1-8-2-3-9-4(8)5-6-7-9/h2-3H2,1H3. The first-order valence-electron chi connectivity index (χ1n) is 2.85. The monoisotopic (exact) mass is 125 g/mol. The van der Waals surface area contributed by atoms with E-state index in [4.69, 9.17) is 0 Å². The summed E-state index contributed by atoms with van der Waals surface area (Å²) in [5, 5.41) is 11.1. The minimum absolute atomic E-state index is 0.870. The molecule has 0 amide bonds. The second-order valence-corrected chi connectivity index (χ2v) is 2.12. The van der Waals surface area contributed by atoms with Crippen LogP contribution in [0.15, 0.2) is 0 Å². The van der Waals surface area contributed by atoms with Gasteiger partial charge in [0.25, 0.3) is 0 Å². The van der Waals surface area contributed by atoms with E-state index in [-0.39, 0.29) is 0 Å². The maximum atomic E-state index is 3.81. The van der Waals surface area contributed by atoms with Gasteiger partial charge in [-0.05, 0) is 10.4 Å². The zero-order valence-corrected chi connectivity index (χ0v) is 5.15. The Morgan fingerprint density at radius 2 is 2.33 bits per heavy atom. The van der Waals surface area contributed by atoms with Gasteiger partial charge in [0.15, 0.2) is 0 Å². The molecule has 0 spiro atoms. The van der Waals surface area contributed by atoms with Gasteiger partial charge in [0.1, 0.15) is 0 Å². The van der Waals surface area contributed by atoms with Crippen molar-refractivity contribution < 1.29 is 0 Å². The van der Waals surface area contributed by atoms with Crippen molar-refractivity contribution in [1.82, 2.24) is 20.2 Å². The Morgan fingerprint density at radius 3 is 3.11 bits per heavy atom. The smallest absolute Gasteiger partial charge is 0.245 e. The number of hydrogen-bond donors (Lipinski definition) is 0. The summed E-state index contributed by atoms with van der Waals surface area (Å²) in [6.07, 6.45) is 0. The maximum Gasteiger partial charge on any atom is 0.245 e. The van der Waals surface area contributed by atoms with E-state index in [0.717, 1.165) is 19.0 Å². The number of tetrazole rings is 1. The maximum absolute atomic E-state index is 3.81. The van der Waals surface area contributed by atoms with Crippen molar-refractivity contribution in [1.29, 1.82) is 0 Å². The number of aromatic nitrogens is 4. The van der Waals surface area contributed by atoms with Gasteiger partial charge in [-0.25, -0.2) is 4.68 Å². The fourth-order valence-electron chi connectivity index (χ4n) is 0.963. The molecule has 0 fully saturated rings. The third-order valence-corrected chi connectivity index (χ3v) is 1.50. The van der Waals surface area contributed by atoms with Crippen LogP contribution in [0.4, 0.5) is 5.95 Å². The number of rotatable bonds is 0. The van der Waals surface area contributed by atoms with Crippen molar-refractivity contribution >= 4 is 5.95 Å². The van der Waals surface area contributed by atoms with E-state index in [9.17, 15) is 0 Å². The molecule has 9 heavy (non-hydrogen) atoms. The fraction of sp³-hybridized carbons (Fsp3) is 0.750. The van der Waals surface area contributed by atoms with E-state index in [1.54, 1.807) is 4.68 Å². The Hall–Kier alpha value is -1.13. The molecule has 0 unspecified atom stereocenters. The van der Waals surface area contributed by atoms with Crippen molar-refractivity contribution in [2.75, 3.05) is 18.5 Å². The second kappa shape index (κ2) is 1.43. The molecule has 0 aliphatic carbocycles. The molecule has 2 heterocycles. The summed E-state index contributed by atoms with van der Waals surface area (Å²) in [5.74, 6) is 0.870. The average molecular weight is 125 g/mol. The number of likely N-dealkylation sites (N-methyl/N-ethyl adjacent to an activating group) is 1. The molecule has 0 atom stereocenters. The SMILES string of the molecule is CN1CCn2nnnc21. The Labute approximate surface area is 52.3 Å². The van der Waals surface area contributed by atoms with Gasteiger partial charge < -0.3 is 4.90 Å². The van der Waals surface area contributed by atoms with E-state index < -0.39 is 0 Å². The summed E-state index contributed by atoms with van der Waals surface area (Å²) < 4.78 is 1.79. The highest BCUT2D eigenvalue weighted by molar-refractivity contribution is 5.29. The Morgan fingerprint density at radius 1 is 1.44 bits per heavy atom. The number of nitrogens with zero attached hydrogens (tertiary/aromatic N) is 5. The Balaban J connectivity index is 2.49. The van der Waals surface area contributed by atoms with Crippen molar-refractivity contribution in [3.8, 4) is 0 Å². The summed E-state index contributed by atoms with van der Waals surface area (Å²) >= 11 is 0. The highest BCUT2D eigenvalue weighted by Crippen LogP contribution is 2.11. The van der Waals surface area contributed by atoms with Gasteiger partial charge in [-0.2, -0.15) is 0 Å². The van der Waals surface area contributed by atoms with Crippen molar-refractivity contribution in [3.05, 3.63) is 0 Å². The molecule has 1 aliphatic rings. The minimum Gasteiger partial charge on any atom is -0.341 e. The molecule has 1 aromatic heterocycles. The summed E-state index contributed by atoms with van der Waals surface area (Å²) in [4.78, 5) is 2.03. The molecule has 0 aromatic carbocycles. The molecular formula is C4H7N5. The van der Waals surface area contributed by atoms with E-state index in [1.165, 1.54) is 0 Å². The lowest BCUT2D eigenvalue weighted by atomic mass is 10.6. The van der Waals surface area contributed by atoms with E-state index in [2.05, 4.69) is 15.5 Å². The van der Waals surface area contributed by atoms with Crippen LogP contribution in [0.1, 0.15) is 0 Å². The lowest BCUT2D eigenvalue weighted by Gasteiger charge is -2.02. The molecule has 5 heteroatoms. The van der Waals surface area contributed by atoms with Crippen LogP contribution in [0.2, 0.25) is 0 Å².